The first kappa shape index (κ1) is 20.9. The first-order valence-corrected chi connectivity index (χ1v) is 8.90. The molecule has 0 aliphatic carbocycles. The van der Waals surface area contributed by atoms with E-state index in [4.69, 9.17) is 0 Å². The maximum absolute atomic E-state index is 4.47. The lowest BCUT2D eigenvalue weighted by molar-refractivity contribution is 0.791. The van der Waals surface area contributed by atoms with E-state index in [9.17, 15) is 0 Å². The molecule has 2 aromatic rings. The number of benzene rings is 1. The monoisotopic (exact) mass is 458 g/mol. The van der Waals surface area contributed by atoms with Gasteiger partial charge in [-0.25, -0.2) is 4.98 Å². The van der Waals surface area contributed by atoms with Gasteiger partial charge in [0.05, 0.1) is 10.7 Å². The van der Waals surface area contributed by atoms with Gasteiger partial charge in [-0.15, -0.1) is 35.3 Å². The summed E-state index contributed by atoms with van der Waals surface area (Å²) >= 11 is 1.78. The van der Waals surface area contributed by atoms with Crippen molar-refractivity contribution in [2.45, 2.75) is 40.2 Å². The third kappa shape index (κ3) is 6.05. The highest BCUT2D eigenvalue weighted by molar-refractivity contribution is 14.0. The Bertz CT molecular complexity index is 667. The second kappa shape index (κ2) is 10.7. The number of halogens is 1. The van der Waals surface area contributed by atoms with Gasteiger partial charge < -0.3 is 10.6 Å². The van der Waals surface area contributed by atoms with E-state index in [0.717, 1.165) is 42.6 Å². The van der Waals surface area contributed by atoms with Crippen LogP contribution in [0, 0.1) is 13.8 Å². The summed E-state index contributed by atoms with van der Waals surface area (Å²) in [7, 11) is 1.81. The van der Waals surface area contributed by atoms with Crippen molar-refractivity contribution < 1.29 is 0 Å². The molecule has 0 bridgehead atoms. The molecule has 1 aromatic heterocycles. The van der Waals surface area contributed by atoms with Crippen molar-refractivity contribution >= 4 is 41.3 Å². The standard InChI is InChI=1S/C18H26N4S.HI/c1-5-15-8-6-7-9-16(15)12-21-18(19-4)20-11-10-17-13(2)22-14(3)23-17;/h6-9H,5,10-12H2,1-4H3,(H2,19,20,21);1H. The predicted molar refractivity (Wildman–Crippen MR) is 115 cm³/mol. The maximum Gasteiger partial charge on any atom is 0.191 e. The summed E-state index contributed by atoms with van der Waals surface area (Å²) in [6.45, 7) is 7.97. The van der Waals surface area contributed by atoms with Crippen LogP contribution in [0.1, 0.15) is 33.6 Å². The van der Waals surface area contributed by atoms with Crippen molar-refractivity contribution in [2.24, 2.45) is 4.99 Å². The van der Waals surface area contributed by atoms with Crippen molar-refractivity contribution in [3.8, 4) is 0 Å². The minimum Gasteiger partial charge on any atom is -0.356 e. The van der Waals surface area contributed by atoms with Crippen LogP contribution >= 0.6 is 35.3 Å². The molecule has 2 N–H and O–H groups in total. The maximum atomic E-state index is 4.47. The van der Waals surface area contributed by atoms with E-state index in [1.165, 1.54) is 16.0 Å². The molecule has 0 saturated heterocycles. The Balaban J connectivity index is 0.00000288. The zero-order chi connectivity index (χ0) is 16.7. The van der Waals surface area contributed by atoms with Crippen molar-refractivity contribution in [3.05, 3.63) is 51.0 Å². The molecule has 0 radical (unpaired) electrons. The molecule has 0 spiro atoms. The van der Waals surface area contributed by atoms with Gasteiger partial charge in [0.2, 0.25) is 0 Å². The van der Waals surface area contributed by atoms with Crippen LogP contribution in [0.2, 0.25) is 0 Å². The van der Waals surface area contributed by atoms with E-state index >= 15 is 0 Å². The van der Waals surface area contributed by atoms with Crippen molar-refractivity contribution in [2.75, 3.05) is 13.6 Å². The van der Waals surface area contributed by atoms with Crippen molar-refractivity contribution in [3.63, 3.8) is 0 Å². The van der Waals surface area contributed by atoms with Crippen molar-refractivity contribution in [1.29, 1.82) is 0 Å². The molecule has 2 rings (SSSR count). The summed E-state index contributed by atoms with van der Waals surface area (Å²) in [6, 6.07) is 8.53. The Labute approximate surface area is 166 Å². The topological polar surface area (TPSA) is 49.3 Å². The molecule has 0 unspecified atom stereocenters. The molecule has 0 aliphatic rings. The molecule has 0 aliphatic heterocycles. The number of aryl methyl sites for hydroxylation is 3. The molecule has 4 nitrogen and oxygen atoms in total. The normalized spacial score (nSPS) is 11.1. The van der Waals surface area contributed by atoms with E-state index in [1.807, 2.05) is 7.05 Å². The lowest BCUT2D eigenvalue weighted by Crippen LogP contribution is -2.38. The van der Waals surface area contributed by atoms with Gasteiger partial charge in [0.25, 0.3) is 0 Å². The van der Waals surface area contributed by atoms with E-state index in [0.29, 0.717) is 0 Å². The second-order valence-corrected chi connectivity index (χ2v) is 6.75. The lowest BCUT2D eigenvalue weighted by atomic mass is 10.1. The number of aromatic nitrogens is 1. The Kier molecular flexibility index (Phi) is 9.28. The fourth-order valence-electron chi connectivity index (χ4n) is 2.57. The number of nitrogens with zero attached hydrogens (tertiary/aromatic N) is 2. The summed E-state index contributed by atoms with van der Waals surface area (Å²) in [5.74, 6) is 0.842. The Morgan fingerprint density at radius 1 is 1.17 bits per heavy atom. The molecule has 1 heterocycles. The number of hydrogen-bond donors (Lipinski definition) is 2. The number of nitrogens with one attached hydrogen (secondary N) is 2. The van der Waals surface area contributed by atoms with Crippen LogP contribution in [0.3, 0.4) is 0 Å². The van der Waals surface area contributed by atoms with Gasteiger partial charge in [-0.1, -0.05) is 31.2 Å². The minimum atomic E-state index is 0. The van der Waals surface area contributed by atoms with Crippen molar-refractivity contribution in [1.82, 2.24) is 15.6 Å². The summed E-state index contributed by atoms with van der Waals surface area (Å²) in [5, 5.41) is 7.91. The molecular formula is C18H27IN4S. The van der Waals surface area contributed by atoms with E-state index < -0.39 is 0 Å². The van der Waals surface area contributed by atoms with Gasteiger partial charge in [-0.3, -0.25) is 4.99 Å². The van der Waals surface area contributed by atoms with Crippen LogP contribution < -0.4 is 10.6 Å². The fourth-order valence-corrected chi connectivity index (χ4v) is 3.51. The molecule has 1 aromatic carbocycles. The van der Waals surface area contributed by atoms with Crippen LogP contribution in [-0.2, 0) is 19.4 Å². The lowest BCUT2D eigenvalue weighted by Gasteiger charge is -2.13. The van der Waals surface area contributed by atoms with Gasteiger partial charge >= 0.3 is 0 Å². The molecule has 0 amide bonds. The first-order valence-electron chi connectivity index (χ1n) is 8.08. The number of hydrogen-bond acceptors (Lipinski definition) is 3. The van der Waals surface area contributed by atoms with Gasteiger partial charge in [0.1, 0.15) is 0 Å². The third-order valence-electron chi connectivity index (χ3n) is 3.81. The number of thiazole rings is 1. The quantitative estimate of drug-likeness (QED) is 0.393. The van der Waals surface area contributed by atoms with Crippen LogP contribution in [0.15, 0.2) is 29.3 Å². The average Bonchev–Trinajstić information content (AvgIpc) is 2.88. The number of aliphatic imine (C=N–C) groups is 1. The van der Waals surface area contributed by atoms with Crippen LogP contribution in [0.25, 0.3) is 0 Å². The third-order valence-corrected chi connectivity index (χ3v) is 4.95. The highest BCUT2D eigenvalue weighted by Gasteiger charge is 2.05. The molecule has 6 heteroatoms. The van der Waals surface area contributed by atoms with E-state index in [1.54, 1.807) is 11.3 Å². The van der Waals surface area contributed by atoms with E-state index in [-0.39, 0.29) is 24.0 Å². The largest absolute Gasteiger partial charge is 0.356 e. The van der Waals surface area contributed by atoms with Gasteiger partial charge in [-0.05, 0) is 31.4 Å². The molecule has 0 atom stereocenters. The predicted octanol–water partition coefficient (Wildman–Crippen LogP) is 3.85. The summed E-state index contributed by atoms with van der Waals surface area (Å²) < 4.78 is 0. The van der Waals surface area contributed by atoms with Crippen LogP contribution in [0.5, 0.6) is 0 Å². The highest BCUT2D eigenvalue weighted by atomic mass is 127. The van der Waals surface area contributed by atoms with Gasteiger partial charge in [0.15, 0.2) is 5.96 Å². The molecule has 0 fully saturated rings. The zero-order valence-electron chi connectivity index (χ0n) is 14.8. The Morgan fingerprint density at radius 2 is 1.88 bits per heavy atom. The fraction of sp³-hybridized carbons (Fsp3) is 0.444. The SMILES string of the molecule is CCc1ccccc1CNC(=NC)NCCc1sc(C)nc1C.I. The Hall–Kier alpha value is -1.15. The zero-order valence-corrected chi connectivity index (χ0v) is 18.0. The molecule has 132 valence electrons. The average molecular weight is 458 g/mol. The van der Waals surface area contributed by atoms with Crippen LogP contribution in [-0.4, -0.2) is 24.5 Å². The smallest absolute Gasteiger partial charge is 0.191 e. The summed E-state index contributed by atoms with van der Waals surface area (Å²) in [6.07, 6.45) is 2.03. The molecule has 0 saturated carbocycles. The highest BCUT2D eigenvalue weighted by Crippen LogP contribution is 2.17. The summed E-state index contributed by atoms with van der Waals surface area (Å²) in [5.41, 5.74) is 3.85. The van der Waals surface area contributed by atoms with Gasteiger partial charge in [-0.2, -0.15) is 0 Å². The summed E-state index contributed by atoms with van der Waals surface area (Å²) in [4.78, 5) is 10.1. The molecule has 24 heavy (non-hydrogen) atoms. The molecular weight excluding hydrogens is 431 g/mol. The number of rotatable bonds is 6. The minimum absolute atomic E-state index is 0. The van der Waals surface area contributed by atoms with Gasteiger partial charge in [0, 0.05) is 31.4 Å². The van der Waals surface area contributed by atoms with E-state index in [2.05, 4.69) is 65.6 Å². The Morgan fingerprint density at radius 3 is 2.46 bits per heavy atom. The first-order chi connectivity index (χ1) is 11.1. The van der Waals surface area contributed by atoms with Crippen LogP contribution in [0.4, 0.5) is 0 Å². The number of guanidine groups is 1. The second-order valence-electron chi connectivity index (χ2n) is 5.47.